The van der Waals surface area contributed by atoms with Crippen LogP contribution in [0.3, 0.4) is 0 Å². The van der Waals surface area contributed by atoms with E-state index in [2.05, 4.69) is 5.32 Å². The van der Waals surface area contributed by atoms with Crippen LogP contribution < -0.4 is 5.32 Å². The minimum absolute atomic E-state index is 0.217. The van der Waals surface area contributed by atoms with Crippen molar-refractivity contribution in [3.8, 4) is 0 Å². The quantitative estimate of drug-likeness (QED) is 0.594. The van der Waals surface area contributed by atoms with E-state index in [-0.39, 0.29) is 18.5 Å². The molecule has 0 aromatic rings. The second-order valence-electron chi connectivity index (χ2n) is 3.30. The van der Waals surface area contributed by atoms with Crippen molar-refractivity contribution < 1.29 is 14.7 Å². The second kappa shape index (κ2) is 3.74. The lowest BCUT2D eigenvalue weighted by Gasteiger charge is -2.13. The monoisotopic (exact) mass is 186 g/mol. The van der Waals surface area contributed by atoms with Gasteiger partial charge in [-0.15, -0.1) is 0 Å². The highest BCUT2D eigenvalue weighted by atomic mass is 16.3. The van der Waals surface area contributed by atoms with E-state index in [0.29, 0.717) is 6.42 Å². The number of hydrogen-bond donors (Lipinski definition) is 2. The van der Waals surface area contributed by atoms with Crippen LogP contribution in [0.4, 0.5) is 4.79 Å². The Morgan fingerprint density at radius 3 is 2.62 bits per heavy atom. The molecule has 1 rings (SSSR count). The molecule has 0 saturated carbocycles. The molecule has 0 spiro atoms. The summed E-state index contributed by atoms with van der Waals surface area (Å²) < 4.78 is 0. The Labute approximate surface area is 76.7 Å². The number of amides is 3. The van der Waals surface area contributed by atoms with Crippen molar-refractivity contribution in [1.29, 1.82) is 0 Å². The Hall–Kier alpha value is -1.10. The van der Waals surface area contributed by atoms with Crippen molar-refractivity contribution in [2.45, 2.75) is 32.4 Å². The standard InChI is InChI=1S/C8H14N2O3/c1-5(11)3-4-10-7(12)6(2)9-8(10)13/h5-6,11H,3-4H2,1-2H3,(H,9,13). The topological polar surface area (TPSA) is 69.6 Å². The number of nitrogens with zero attached hydrogens (tertiary/aromatic N) is 1. The number of aliphatic hydroxyl groups excluding tert-OH is 1. The van der Waals surface area contributed by atoms with Gasteiger partial charge in [-0.1, -0.05) is 0 Å². The maximum Gasteiger partial charge on any atom is 0.324 e. The number of rotatable bonds is 3. The summed E-state index contributed by atoms with van der Waals surface area (Å²) in [7, 11) is 0. The van der Waals surface area contributed by atoms with Gasteiger partial charge in [-0.2, -0.15) is 0 Å². The summed E-state index contributed by atoms with van der Waals surface area (Å²) in [5.41, 5.74) is 0. The van der Waals surface area contributed by atoms with Crippen molar-refractivity contribution in [3.05, 3.63) is 0 Å². The van der Waals surface area contributed by atoms with Crippen LogP contribution >= 0.6 is 0 Å². The number of carbonyl (C=O) groups excluding carboxylic acids is 2. The number of hydrogen-bond acceptors (Lipinski definition) is 3. The number of urea groups is 1. The lowest BCUT2D eigenvalue weighted by atomic mass is 10.2. The molecule has 0 radical (unpaired) electrons. The molecule has 1 fully saturated rings. The van der Waals surface area contributed by atoms with Crippen molar-refractivity contribution in [2.24, 2.45) is 0 Å². The normalized spacial score (nSPS) is 24.8. The van der Waals surface area contributed by atoms with Crippen LogP contribution in [0, 0.1) is 0 Å². The zero-order valence-electron chi connectivity index (χ0n) is 7.78. The van der Waals surface area contributed by atoms with Gasteiger partial charge >= 0.3 is 6.03 Å². The molecule has 5 heteroatoms. The molecule has 74 valence electrons. The minimum atomic E-state index is -0.489. The van der Waals surface area contributed by atoms with E-state index in [1.54, 1.807) is 13.8 Å². The zero-order valence-corrected chi connectivity index (χ0v) is 7.78. The van der Waals surface area contributed by atoms with E-state index in [1.165, 1.54) is 0 Å². The number of imide groups is 1. The molecule has 2 N–H and O–H groups in total. The van der Waals surface area contributed by atoms with E-state index < -0.39 is 12.1 Å². The van der Waals surface area contributed by atoms with Gasteiger partial charge in [0.15, 0.2) is 0 Å². The molecule has 0 aromatic heterocycles. The van der Waals surface area contributed by atoms with Gasteiger partial charge in [-0.3, -0.25) is 9.69 Å². The van der Waals surface area contributed by atoms with Gasteiger partial charge in [0.1, 0.15) is 6.04 Å². The van der Waals surface area contributed by atoms with Crippen molar-refractivity contribution in [1.82, 2.24) is 10.2 Å². The molecular weight excluding hydrogens is 172 g/mol. The predicted molar refractivity (Wildman–Crippen MR) is 46.0 cm³/mol. The molecule has 0 aliphatic carbocycles. The van der Waals surface area contributed by atoms with E-state index in [1.807, 2.05) is 0 Å². The third kappa shape index (κ3) is 2.18. The smallest absolute Gasteiger partial charge is 0.324 e. The Bertz CT molecular complexity index is 227. The molecule has 1 saturated heterocycles. The van der Waals surface area contributed by atoms with Crippen LogP contribution in [-0.4, -0.2) is 40.6 Å². The SMILES string of the molecule is CC(O)CCN1C(=O)NC(C)C1=O. The molecular formula is C8H14N2O3. The third-order valence-electron chi connectivity index (χ3n) is 1.99. The number of carbonyl (C=O) groups is 2. The summed E-state index contributed by atoms with van der Waals surface area (Å²) in [6.07, 6.45) is -0.0668. The Morgan fingerprint density at radius 1 is 1.62 bits per heavy atom. The number of nitrogens with one attached hydrogen (secondary N) is 1. The van der Waals surface area contributed by atoms with Crippen molar-refractivity contribution in [3.63, 3.8) is 0 Å². The highest BCUT2D eigenvalue weighted by Gasteiger charge is 2.34. The first-order valence-corrected chi connectivity index (χ1v) is 4.32. The molecule has 2 atom stereocenters. The Balaban J connectivity index is 2.49. The summed E-state index contributed by atoms with van der Waals surface area (Å²) in [6.45, 7) is 3.55. The fourth-order valence-electron chi connectivity index (χ4n) is 1.19. The van der Waals surface area contributed by atoms with Crippen LogP contribution in [-0.2, 0) is 4.79 Å². The van der Waals surface area contributed by atoms with Gasteiger partial charge in [0.05, 0.1) is 6.10 Å². The Morgan fingerprint density at radius 2 is 2.23 bits per heavy atom. The van der Waals surface area contributed by atoms with E-state index >= 15 is 0 Å². The maximum atomic E-state index is 11.3. The van der Waals surface area contributed by atoms with Gasteiger partial charge in [-0.25, -0.2) is 4.79 Å². The summed E-state index contributed by atoms with van der Waals surface area (Å²) in [4.78, 5) is 23.5. The summed E-state index contributed by atoms with van der Waals surface area (Å²) >= 11 is 0. The minimum Gasteiger partial charge on any atom is -0.393 e. The molecule has 1 aliphatic heterocycles. The van der Waals surface area contributed by atoms with Gasteiger partial charge in [0.25, 0.3) is 5.91 Å². The average molecular weight is 186 g/mol. The van der Waals surface area contributed by atoms with E-state index in [4.69, 9.17) is 5.11 Å². The molecule has 3 amide bonds. The van der Waals surface area contributed by atoms with Crippen LogP contribution in [0.5, 0.6) is 0 Å². The number of aliphatic hydroxyl groups is 1. The fourth-order valence-corrected chi connectivity index (χ4v) is 1.19. The van der Waals surface area contributed by atoms with Crippen LogP contribution in [0.25, 0.3) is 0 Å². The lowest BCUT2D eigenvalue weighted by molar-refractivity contribution is -0.127. The molecule has 1 heterocycles. The van der Waals surface area contributed by atoms with Gasteiger partial charge in [-0.05, 0) is 20.3 Å². The first kappa shape index (κ1) is 9.98. The van der Waals surface area contributed by atoms with E-state index in [9.17, 15) is 9.59 Å². The third-order valence-corrected chi connectivity index (χ3v) is 1.99. The Kier molecular flexibility index (Phi) is 2.87. The second-order valence-corrected chi connectivity index (χ2v) is 3.30. The van der Waals surface area contributed by atoms with Crippen LogP contribution in [0.2, 0.25) is 0 Å². The largest absolute Gasteiger partial charge is 0.393 e. The molecule has 1 aliphatic rings. The lowest BCUT2D eigenvalue weighted by Crippen LogP contribution is -2.33. The fraction of sp³-hybridized carbons (Fsp3) is 0.750. The van der Waals surface area contributed by atoms with Crippen LogP contribution in [0.15, 0.2) is 0 Å². The predicted octanol–water partition coefficient (Wildman–Crippen LogP) is -0.302. The first-order valence-electron chi connectivity index (χ1n) is 4.32. The summed E-state index contributed by atoms with van der Waals surface area (Å²) in [5.74, 6) is -0.217. The van der Waals surface area contributed by atoms with E-state index in [0.717, 1.165) is 4.90 Å². The van der Waals surface area contributed by atoms with Crippen molar-refractivity contribution in [2.75, 3.05) is 6.54 Å². The zero-order chi connectivity index (χ0) is 10.0. The molecule has 0 bridgehead atoms. The van der Waals surface area contributed by atoms with Crippen molar-refractivity contribution >= 4 is 11.9 Å². The molecule has 5 nitrogen and oxygen atoms in total. The maximum absolute atomic E-state index is 11.3. The summed E-state index contributed by atoms with van der Waals surface area (Å²) in [6, 6.07) is -0.792. The summed E-state index contributed by atoms with van der Waals surface area (Å²) in [5, 5.41) is 11.5. The molecule has 2 unspecified atom stereocenters. The van der Waals surface area contributed by atoms with Gasteiger partial charge in [0, 0.05) is 6.54 Å². The van der Waals surface area contributed by atoms with Gasteiger partial charge in [0.2, 0.25) is 0 Å². The average Bonchev–Trinajstić information content (AvgIpc) is 2.24. The highest BCUT2D eigenvalue weighted by Crippen LogP contribution is 2.06. The molecule has 0 aromatic carbocycles. The van der Waals surface area contributed by atoms with Crippen LogP contribution in [0.1, 0.15) is 20.3 Å². The highest BCUT2D eigenvalue weighted by molar-refractivity contribution is 6.03. The first-order chi connectivity index (χ1) is 6.02. The van der Waals surface area contributed by atoms with Gasteiger partial charge < -0.3 is 10.4 Å². The molecule has 13 heavy (non-hydrogen) atoms.